The Hall–Kier alpha value is -1.00. The number of thiol groups is 1. The van der Waals surface area contributed by atoms with Gasteiger partial charge >= 0.3 is 0 Å². The predicted molar refractivity (Wildman–Crippen MR) is 49.9 cm³/mol. The minimum atomic E-state index is 0.435. The van der Waals surface area contributed by atoms with Gasteiger partial charge in [-0.15, -0.1) is 0 Å². The van der Waals surface area contributed by atoms with Gasteiger partial charge in [0.25, 0.3) is 0 Å². The minimum Gasteiger partial charge on any atom is -0.360 e. The molecular weight excluding hydrogens is 172 g/mol. The first kappa shape index (κ1) is 7.64. The van der Waals surface area contributed by atoms with Crippen molar-refractivity contribution in [2.45, 2.75) is 6.61 Å². The molecular formula is C8H8N2OS. The Bertz CT molecular complexity index is 385. The number of nitrogens with one attached hydrogen (secondary N) is 1. The van der Waals surface area contributed by atoms with Crippen molar-refractivity contribution in [3.05, 3.63) is 30.1 Å². The number of fused-ring (bicyclic) bond motifs is 1. The SMILES string of the molecule is SOCc1ccc2[nH]ccc2n1. The number of H-pyrrole nitrogens is 1. The van der Waals surface area contributed by atoms with Crippen molar-refractivity contribution >= 4 is 23.9 Å². The molecule has 0 saturated carbocycles. The number of aromatic nitrogens is 2. The maximum absolute atomic E-state index is 4.68. The summed E-state index contributed by atoms with van der Waals surface area (Å²) in [6.45, 7) is 0.435. The van der Waals surface area contributed by atoms with E-state index in [1.807, 2.05) is 24.4 Å². The zero-order valence-electron chi connectivity index (χ0n) is 6.32. The van der Waals surface area contributed by atoms with Gasteiger partial charge in [0, 0.05) is 6.20 Å². The maximum atomic E-state index is 4.68. The van der Waals surface area contributed by atoms with Crippen molar-refractivity contribution < 1.29 is 4.18 Å². The van der Waals surface area contributed by atoms with E-state index in [0.717, 1.165) is 16.7 Å². The molecule has 0 aliphatic heterocycles. The number of nitrogens with zero attached hydrogens (tertiary/aromatic N) is 1. The second-order valence-corrected chi connectivity index (χ2v) is 2.74. The van der Waals surface area contributed by atoms with E-state index in [1.54, 1.807) is 0 Å². The van der Waals surface area contributed by atoms with Crippen molar-refractivity contribution in [2.24, 2.45) is 0 Å². The van der Waals surface area contributed by atoms with Crippen LogP contribution in [0.3, 0.4) is 0 Å². The van der Waals surface area contributed by atoms with Crippen molar-refractivity contribution in [1.29, 1.82) is 0 Å². The summed E-state index contributed by atoms with van der Waals surface area (Å²) >= 11 is 3.66. The van der Waals surface area contributed by atoms with Crippen molar-refractivity contribution in [3.63, 3.8) is 0 Å². The van der Waals surface area contributed by atoms with Crippen LogP contribution in [0.1, 0.15) is 5.69 Å². The lowest BCUT2D eigenvalue weighted by Gasteiger charge is -1.96. The molecule has 0 spiro atoms. The molecule has 1 N–H and O–H groups in total. The average Bonchev–Trinajstić information content (AvgIpc) is 2.51. The molecule has 0 saturated heterocycles. The van der Waals surface area contributed by atoms with Crippen molar-refractivity contribution in [3.8, 4) is 0 Å². The third-order valence-electron chi connectivity index (χ3n) is 1.67. The largest absolute Gasteiger partial charge is 0.360 e. The normalized spacial score (nSPS) is 10.8. The first-order valence-corrected chi connectivity index (χ1v) is 3.96. The molecule has 0 fully saturated rings. The van der Waals surface area contributed by atoms with Crippen molar-refractivity contribution in [2.75, 3.05) is 0 Å². The summed E-state index contributed by atoms with van der Waals surface area (Å²) in [7, 11) is 0. The van der Waals surface area contributed by atoms with Crippen molar-refractivity contribution in [1.82, 2.24) is 9.97 Å². The third kappa shape index (κ3) is 1.31. The van der Waals surface area contributed by atoms with E-state index < -0.39 is 0 Å². The molecule has 2 aromatic rings. The number of rotatable bonds is 2. The average molecular weight is 180 g/mol. The maximum Gasteiger partial charge on any atom is 0.103 e. The Kier molecular flexibility index (Phi) is 2.01. The molecule has 0 aromatic carbocycles. The van der Waals surface area contributed by atoms with Gasteiger partial charge in [0.2, 0.25) is 0 Å². The summed E-state index contributed by atoms with van der Waals surface area (Å²) in [6.07, 6.45) is 1.86. The van der Waals surface area contributed by atoms with Crippen LogP contribution in [0.4, 0.5) is 0 Å². The van der Waals surface area contributed by atoms with Gasteiger partial charge < -0.3 is 9.17 Å². The molecule has 12 heavy (non-hydrogen) atoms. The standard InChI is InChI=1S/C8H8N2OS/c12-11-5-6-1-2-7-8(10-6)3-4-9-7/h1-4,9,12H,5H2. The Morgan fingerprint density at radius 1 is 1.42 bits per heavy atom. The predicted octanol–water partition coefficient (Wildman–Crippen LogP) is 1.92. The minimum absolute atomic E-state index is 0.435. The lowest BCUT2D eigenvalue weighted by Crippen LogP contribution is -1.88. The summed E-state index contributed by atoms with van der Waals surface area (Å²) in [4.78, 5) is 7.39. The van der Waals surface area contributed by atoms with E-state index in [9.17, 15) is 0 Å². The molecule has 2 heterocycles. The highest BCUT2D eigenvalue weighted by Gasteiger charge is 1.97. The first-order valence-electron chi connectivity index (χ1n) is 3.59. The van der Waals surface area contributed by atoms with E-state index >= 15 is 0 Å². The first-order chi connectivity index (χ1) is 5.90. The highest BCUT2D eigenvalue weighted by molar-refractivity contribution is 7.75. The van der Waals surface area contributed by atoms with Gasteiger partial charge in [0.15, 0.2) is 0 Å². The molecule has 2 aromatic heterocycles. The molecule has 0 aliphatic rings. The molecule has 4 heteroatoms. The smallest absolute Gasteiger partial charge is 0.103 e. The summed E-state index contributed by atoms with van der Waals surface area (Å²) in [5, 5.41) is 0. The van der Waals surface area contributed by atoms with Gasteiger partial charge in [-0.2, -0.15) is 0 Å². The molecule has 0 bridgehead atoms. The zero-order chi connectivity index (χ0) is 8.39. The fourth-order valence-electron chi connectivity index (χ4n) is 1.12. The van der Waals surface area contributed by atoms with Gasteiger partial charge in [-0.05, 0) is 31.1 Å². The van der Waals surface area contributed by atoms with Gasteiger partial charge in [-0.3, -0.25) is 0 Å². The molecule has 62 valence electrons. The molecule has 0 aliphatic carbocycles. The summed E-state index contributed by atoms with van der Waals surface area (Å²) in [6, 6.07) is 5.82. The van der Waals surface area contributed by atoms with E-state index in [0.29, 0.717) is 6.61 Å². The number of hydrogen-bond acceptors (Lipinski definition) is 3. The molecule has 0 unspecified atom stereocenters. The van der Waals surface area contributed by atoms with Gasteiger partial charge in [-0.1, -0.05) is 0 Å². The molecule has 3 nitrogen and oxygen atoms in total. The molecule has 2 rings (SSSR count). The van der Waals surface area contributed by atoms with Crippen LogP contribution in [0.25, 0.3) is 11.0 Å². The van der Waals surface area contributed by atoms with Crippen LogP contribution in [0.2, 0.25) is 0 Å². The lowest BCUT2D eigenvalue weighted by atomic mass is 10.3. The van der Waals surface area contributed by atoms with Crippen LogP contribution < -0.4 is 0 Å². The topological polar surface area (TPSA) is 37.9 Å². The molecule has 0 atom stereocenters. The van der Waals surface area contributed by atoms with Crippen LogP contribution in [-0.2, 0) is 10.8 Å². The Morgan fingerprint density at radius 3 is 3.17 bits per heavy atom. The van der Waals surface area contributed by atoms with Crippen LogP contribution in [0, 0.1) is 0 Å². The Balaban J connectivity index is 2.46. The third-order valence-corrected chi connectivity index (χ3v) is 1.80. The fraction of sp³-hybridized carbons (Fsp3) is 0.125. The van der Waals surface area contributed by atoms with E-state index in [-0.39, 0.29) is 0 Å². The van der Waals surface area contributed by atoms with Gasteiger partial charge in [0.1, 0.15) is 6.61 Å². The Labute approximate surface area is 75.4 Å². The quantitative estimate of drug-likeness (QED) is 0.547. The van der Waals surface area contributed by atoms with E-state index in [4.69, 9.17) is 0 Å². The Morgan fingerprint density at radius 2 is 2.33 bits per heavy atom. The number of hydrogen-bond donors (Lipinski definition) is 2. The van der Waals surface area contributed by atoms with Gasteiger partial charge in [0.05, 0.1) is 16.7 Å². The highest BCUT2D eigenvalue weighted by atomic mass is 32.1. The van der Waals surface area contributed by atoms with Crippen LogP contribution in [-0.4, -0.2) is 9.97 Å². The van der Waals surface area contributed by atoms with Crippen LogP contribution >= 0.6 is 12.9 Å². The molecule has 0 amide bonds. The highest BCUT2D eigenvalue weighted by Crippen LogP contribution is 2.10. The summed E-state index contributed by atoms with van der Waals surface area (Å²) < 4.78 is 4.68. The molecule has 0 radical (unpaired) electrons. The lowest BCUT2D eigenvalue weighted by molar-refractivity contribution is 0.366. The van der Waals surface area contributed by atoms with Gasteiger partial charge in [-0.25, -0.2) is 4.98 Å². The fourth-order valence-corrected chi connectivity index (χ4v) is 1.26. The monoisotopic (exact) mass is 180 g/mol. The summed E-state index contributed by atoms with van der Waals surface area (Å²) in [5.41, 5.74) is 2.88. The van der Waals surface area contributed by atoms with Crippen LogP contribution in [0.15, 0.2) is 24.4 Å². The second kappa shape index (κ2) is 3.16. The summed E-state index contributed by atoms with van der Waals surface area (Å²) in [5.74, 6) is 0. The number of pyridine rings is 1. The van der Waals surface area contributed by atoms with E-state index in [2.05, 4.69) is 27.1 Å². The zero-order valence-corrected chi connectivity index (χ0v) is 7.21. The number of aromatic amines is 1. The van der Waals surface area contributed by atoms with Crippen LogP contribution in [0.5, 0.6) is 0 Å². The van der Waals surface area contributed by atoms with E-state index in [1.165, 1.54) is 0 Å². The second-order valence-electron chi connectivity index (χ2n) is 2.49.